The number of sulfone groups is 1. The van der Waals surface area contributed by atoms with Crippen LogP contribution < -0.4 is 26.4 Å². The predicted octanol–water partition coefficient (Wildman–Crippen LogP) is 3.51. The fourth-order valence-electron chi connectivity index (χ4n) is 4.59. The molecule has 1 heterocycles. The standard InChI is InChI=1S/C27H36F3N5O5S/c1-3-4-15-35(32)19-20(31)18-34-16-13-26(14-17-34,25(36)33-2)41(37,38)24-11-9-22(10-12-24)39-21-5-7-23(8-6-21)40-27(28,29)30/h5-12,19H,3-4,13-18,31-32H2,1-2H3,(H,33,36)/b20-19-. The van der Waals surface area contributed by atoms with Gasteiger partial charge in [0.15, 0.2) is 14.6 Å². The summed E-state index contributed by atoms with van der Waals surface area (Å²) < 4.78 is 72.5. The van der Waals surface area contributed by atoms with E-state index in [9.17, 15) is 26.4 Å². The molecule has 1 saturated heterocycles. The quantitative estimate of drug-likeness (QED) is 0.247. The number of rotatable bonds is 12. The molecule has 0 atom stereocenters. The van der Waals surface area contributed by atoms with E-state index in [1.54, 1.807) is 6.20 Å². The van der Waals surface area contributed by atoms with Gasteiger partial charge in [0.2, 0.25) is 5.91 Å². The molecule has 3 rings (SSSR count). The Hall–Kier alpha value is -3.49. The van der Waals surface area contributed by atoms with Gasteiger partial charge in [-0.25, -0.2) is 14.3 Å². The van der Waals surface area contributed by atoms with Crippen LogP contribution in [0.25, 0.3) is 0 Å². The van der Waals surface area contributed by atoms with Crippen LogP contribution in [0.3, 0.4) is 0 Å². The zero-order valence-electron chi connectivity index (χ0n) is 23.0. The molecule has 0 radical (unpaired) electrons. The van der Waals surface area contributed by atoms with Gasteiger partial charge in [-0.05, 0) is 67.8 Å². The van der Waals surface area contributed by atoms with Crippen LogP contribution in [0.1, 0.15) is 32.6 Å². The van der Waals surface area contributed by atoms with Gasteiger partial charge in [0, 0.05) is 45.1 Å². The summed E-state index contributed by atoms with van der Waals surface area (Å²) >= 11 is 0. The Kier molecular flexibility index (Phi) is 10.5. The molecular weight excluding hydrogens is 563 g/mol. The second-order valence-corrected chi connectivity index (χ2v) is 12.0. The van der Waals surface area contributed by atoms with Crippen molar-refractivity contribution in [1.82, 2.24) is 15.2 Å². The first-order valence-electron chi connectivity index (χ1n) is 13.1. The van der Waals surface area contributed by atoms with Gasteiger partial charge in [-0.15, -0.1) is 13.2 Å². The van der Waals surface area contributed by atoms with E-state index in [4.69, 9.17) is 16.3 Å². The zero-order valence-corrected chi connectivity index (χ0v) is 23.8. The van der Waals surface area contributed by atoms with Crippen molar-refractivity contribution in [2.24, 2.45) is 11.6 Å². The van der Waals surface area contributed by atoms with E-state index in [0.29, 0.717) is 31.9 Å². The van der Waals surface area contributed by atoms with E-state index in [1.807, 2.05) is 4.90 Å². The minimum atomic E-state index is -4.81. The Morgan fingerprint density at radius 1 is 1.07 bits per heavy atom. The third-order valence-electron chi connectivity index (χ3n) is 6.75. The highest BCUT2D eigenvalue weighted by Crippen LogP contribution is 2.37. The zero-order chi connectivity index (χ0) is 30.3. The Labute approximate surface area is 237 Å². The molecule has 0 unspecified atom stereocenters. The molecule has 5 N–H and O–H groups in total. The lowest BCUT2D eigenvalue weighted by Crippen LogP contribution is -2.57. The van der Waals surface area contributed by atoms with Crippen LogP contribution in [0, 0.1) is 0 Å². The van der Waals surface area contributed by atoms with Gasteiger partial charge >= 0.3 is 6.36 Å². The maximum atomic E-state index is 13.8. The van der Waals surface area contributed by atoms with Crippen LogP contribution >= 0.6 is 0 Å². The van der Waals surface area contributed by atoms with Gasteiger partial charge in [-0.3, -0.25) is 9.69 Å². The van der Waals surface area contributed by atoms with Crippen molar-refractivity contribution in [1.29, 1.82) is 0 Å². The normalized spacial score (nSPS) is 16.2. The SMILES string of the molecule is CCCCN(N)/C=C(\N)CN1CCC(C(=O)NC)(S(=O)(=O)c2ccc(Oc3ccc(OC(F)(F)F)cc3)cc2)CC1. The number of alkyl halides is 3. The number of unbranched alkanes of at least 4 members (excludes halogenated alkanes) is 1. The molecule has 0 saturated carbocycles. The van der Waals surface area contributed by atoms with Crippen LogP contribution in [0.4, 0.5) is 13.2 Å². The Bertz CT molecular complexity index is 1290. The van der Waals surface area contributed by atoms with Crippen molar-refractivity contribution in [2.45, 2.75) is 48.6 Å². The first kappa shape index (κ1) is 32.0. The number of amides is 1. The molecule has 2 aromatic carbocycles. The first-order valence-corrected chi connectivity index (χ1v) is 14.6. The van der Waals surface area contributed by atoms with E-state index in [0.717, 1.165) is 25.0 Å². The summed E-state index contributed by atoms with van der Waals surface area (Å²) in [5.74, 6) is 5.44. The summed E-state index contributed by atoms with van der Waals surface area (Å²) in [5.41, 5.74) is 6.68. The van der Waals surface area contributed by atoms with Gasteiger partial charge in [0.25, 0.3) is 0 Å². The average molecular weight is 600 g/mol. The molecule has 1 aliphatic rings. The number of halogens is 3. The summed E-state index contributed by atoms with van der Waals surface area (Å²) in [6.45, 7) is 3.78. The largest absolute Gasteiger partial charge is 0.573 e. The summed E-state index contributed by atoms with van der Waals surface area (Å²) in [6, 6.07) is 10.3. The Balaban J connectivity index is 1.70. The highest BCUT2D eigenvalue weighted by molar-refractivity contribution is 7.93. The molecule has 1 fully saturated rings. The second kappa shape index (κ2) is 13.4. The third kappa shape index (κ3) is 8.27. The first-order chi connectivity index (χ1) is 19.3. The maximum absolute atomic E-state index is 13.8. The minimum absolute atomic E-state index is 0.0510. The van der Waals surface area contributed by atoms with Crippen molar-refractivity contribution in [3.05, 3.63) is 60.4 Å². The van der Waals surface area contributed by atoms with Gasteiger partial charge in [-0.2, -0.15) is 0 Å². The fourth-order valence-corrected chi connectivity index (χ4v) is 6.60. The van der Waals surface area contributed by atoms with Crippen molar-refractivity contribution in [3.63, 3.8) is 0 Å². The highest BCUT2D eigenvalue weighted by atomic mass is 32.2. The van der Waals surface area contributed by atoms with Crippen molar-refractivity contribution >= 4 is 15.7 Å². The lowest BCUT2D eigenvalue weighted by atomic mass is 9.94. The van der Waals surface area contributed by atoms with Gasteiger partial charge < -0.3 is 25.5 Å². The number of nitrogens with zero attached hydrogens (tertiary/aromatic N) is 2. The van der Waals surface area contributed by atoms with Crippen LogP contribution in [0.15, 0.2) is 65.3 Å². The monoisotopic (exact) mass is 599 g/mol. The third-order valence-corrected chi connectivity index (χ3v) is 9.27. The topological polar surface area (TPSA) is 140 Å². The molecular formula is C27H36F3N5O5S. The highest BCUT2D eigenvalue weighted by Gasteiger charge is 2.52. The summed E-state index contributed by atoms with van der Waals surface area (Å²) in [6.07, 6.45) is -1.09. The summed E-state index contributed by atoms with van der Waals surface area (Å²) in [4.78, 5) is 15.0. The van der Waals surface area contributed by atoms with E-state index < -0.39 is 32.6 Å². The minimum Gasteiger partial charge on any atom is -0.457 e. The van der Waals surface area contributed by atoms with E-state index in [2.05, 4.69) is 17.0 Å². The van der Waals surface area contributed by atoms with Crippen LogP contribution in [0.5, 0.6) is 17.2 Å². The van der Waals surface area contributed by atoms with Gasteiger partial charge in [0.1, 0.15) is 17.2 Å². The smallest absolute Gasteiger partial charge is 0.457 e. The number of likely N-dealkylation sites (tertiary alicyclic amines) is 1. The Morgan fingerprint density at radius 2 is 1.61 bits per heavy atom. The van der Waals surface area contributed by atoms with Crippen LogP contribution in [-0.2, 0) is 14.6 Å². The number of nitrogens with one attached hydrogen (secondary N) is 1. The van der Waals surface area contributed by atoms with E-state index in [1.165, 1.54) is 48.5 Å². The van der Waals surface area contributed by atoms with E-state index in [-0.39, 0.29) is 29.2 Å². The van der Waals surface area contributed by atoms with Gasteiger partial charge in [0.05, 0.1) is 4.90 Å². The maximum Gasteiger partial charge on any atom is 0.573 e. The molecule has 2 aromatic rings. The number of hydrogen-bond donors (Lipinski definition) is 3. The number of carbonyl (C=O) groups is 1. The van der Waals surface area contributed by atoms with Crippen molar-refractivity contribution in [2.75, 3.05) is 33.2 Å². The molecule has 1 amide bonds. The molecule has 0 aliphatic carbocycles. The molecule has 1 aliphatic heterocycles. The number of piperidine rings is 1. The lowest BCUT2D eigenvalue weighted by molar-refractivity contribution is -0.274. The number of hydrogen-bond acceptors (Lipinski definition) is 9. The molecule has 226 valence electrons. The number of nitrogens with two attached hydrogens (primary N) is 2. The van der Waals surface area contributed by atoms with Crippen molar-refractivity contribution in [3.8, 4) is 17.2 Å². The predicted molar refractivity (Wildman–Crippen MR) is 147 cm³/mol. The van der Waals surface area contributed by atoms with Crippen LogP contribution in [-0.4, -0.2) is 68.6 Å². The molecule has 0 spiro atoms. The number of hydrazine groups is 1. The number of benzene rings is 2. The molecule has 0 bridgehead atoms. The van der Waals surface area contributed by atoms with Crippen molar-refractivity contribution < 1.29 is 35.9 Å². The van der Waals surface area contributed by atoms with Gasteiger partial charge in [-0.1, -0.05) is 13.3 Å². The summed E-state index contributed by atoms with van der Waals surface area (Å²) in [7, 11) is -2.72. The second-order valence-electron chi connectivity index (χ2n) is 9.74. The Morgan fingerprint density at radius 3 is 2.12 bits per heavy atom. The number of ether oxygens (including phenoxy) is 2. The molecule has 10 nitrogen and oxygen atoms in total. The average Bonchev–Trinajstić information content (AvgIpc) is 2.92. The summed E-state index contributed by atoms with van der Waals surface area (Å²) in [5, 5.41) is 4.05. The van der Waals surface area contributed by atoms with E-state index >= 15 is 0 Å². The molecule has 14 heteroatoms. The fraction of sp³-hybridized carbons (Fsp3) is 0.444. The van der Waals surface area contributed by atoms with Crippen LogP contribution in [0.2, 0.25) is 0 Å². The molecule has 41 heavy (non-hydrogen) atoms. The molecule has 0 aromatic heterocycles. The lowest BCUT2D eigenvalue weighted by Gasteiger charge is -2.39. The number of carbonyl (C=O) groups excluding carboxylic acids is 1.